The van der Waals surface area contributed by atoms with E-state index in [4.69, 9.17) is 11.6 Å². The lowest BCUT2D eigenvalue weighted by Crippen LogP contribution is -2.16. The van der Waals surface area contributed by atoms with Crippen LogP contribution in [0.4, 0.5) is 5.69 Å². The molecule has 2 N–H and O–H groups in total. The molecule has 2 aromatic carbocycles. The lowest BCUT2D eigenvalue weighted by Gasteiger charge is -2.07. The number of fused-ring (bicyclic) bond motifs is 1. The molecule has 8 nitrogen and oxygen atoms in total. The molecule has 0 atom stereocenters. The summed E-state index contributed by atoms with van der Waals surface area (Å²) >= 11 is 7.09. The molecule has 152 valence electrons. The van der Waals surface area contributed by atoms with Crippen LogP contribution in [0.2, 0.25) is 5.02 Å². The van der Waals surface area contributed by atoms with Gasteiger partial charge in [0.15, 0.2) is 5.69 Å². The van der Waals surface area contributed by atoms with E-state index < -0.39 is 0 Å². The highest BCUT2D eigenvalue weighted by Crippen LogP contribution is 2.20. The number of carbonyl (C=O) groups excluding carboxylic acids is 1. The molecule has 0 aliphatic rings. The van der Waals surface area contributed by atoms with Crippen LogP contribution < -0.4 is 10.9 Å². The third-order valence-corrected chi connectivity index (χ3v) is 5.38. The summed E-state index contributed by atoms with van der Waals surface area (Å²) in [6, 6.07) is 12.6. The molecule has 0 aliphatic carbocycles. The fraction of sp³-hybridized carbons (Fsp3) is 0.150. The van der Waals surface area contributed by atoms with Crippen molar-refractivity contribution in [1.82, 2.24) is 24.8 Å². The molecule has 1 amide bonds. The van der Waals surface area contributed by atoms with Crippen molar-refractivity contribution in [3.05, 3.63) is 69.0 Å². The number of amides is 1. The predicted octanol–water partition coefficient (Wildman–Crippen LogP) is 3.48. The minimum absolute atomic E-state index is 0.116. The summed E-state index contributed by atoms with van der Waals surface area (Å²) in [6.45, 7) is 3.95. The third kappa shape index (κ3) is 4.37. The van der Waals surface area contributed by atoms with Gasteiger partial charge in [0.25, 0.3) is 11.3 Å². The third-order valence-electron chi connectivity index (χ3n) is 4.21. The number of aromatic nitrogens is 5. The van der Waals surface area contributed by atoms with E-state index in [9.17, 15) is 9.59 Å². The zero-order chi connectivity index (χ0) is 21.3. The number of carbonyl (C=O) groups is 1. The summed E-state index contributed by atoms with van der Waals surface area (Å²) < 4.78 is 1.42. The second kappa shape index (κ2) is 8.29. The van der Waals surface area contributed by atoms with Crippen LogP contribution in [0.15, 0.2) is 52.4 Å². The van der Waals surface area contributed by atoms with Gasteiger partial charge in [-0.1, -0.05) is 41.6 Å². The van der Waals surface area contributed by atoms with Crippen molar-refractivity contribution in [2.24, 2.45) is 0 Å². The van der Waals surface area contributed by atoms with Crippen LogP contribution in [-0.4, -0.2) is 36.5 Å². The minimum Gasteiger partial charge on any atom is -0.325 e. The van der Waals surface area contributed by atoms with Crippen molar-refractivity contribution < 1.29 is 4.79 Å². The average molecular weight is 441 g/mol. The van der Waals surface area contributed by atoms with Crippen molar-refractivity contribution in [3.8, 4) is 11.3 Å². The van der Waals surface area contributed by atoms with Crippen molar-refractivity contribution >= 4 is 40.7 Å². The van der Waals surface area contributed by atoms with Crippen molar-refractivity contribution in [2.75, 3.05) is 11.1 Å². The van der Waals surface area contributed by atoms with E-state index in [1.54, 1.807) is 24.3 Å². The standard InChI is InChI=1S/C20H17ClN6O2S/c1-11-7-12(2)9-15(8-11)22-16(28)10-30-20-25-24-19-23-18(29)17(26-27(19)20)13-3-5-14(21)6-4-13/h3-9H,10H2,1-2H3,(H,22,28)(H,23,24,29). The van der Waals surface area contributed by atoms with Gasteiger partial charge in [-0.25, -0.2) is 0 Å². The number of rotatable bonds is 5. The predicted molar refractivity (Wildman–Crippen MR) is 117 cm³/mol. The van der Waals surface area contributed by atoms with E-state index in [1.165, 1.54) is 16.3 Å². The number of thioether (sulfide) groups is 1. The Hall–Kier alpha value is -3.17. The molecule has 0 unspecified atom stereocenters. The Balaban J connectivity index is 1.54. The molecule has 0 spiro atoms. The molecule has 4 aromatic rings. The van der Waals surface area contributed by atoms with Gasteiger partial charge in [0, 0.05) is 16.3 Å². The molecule has 0 bridgehead atoms. The first kappa shape index (κ1) is 20.1. The van der Waals surface area contributed by atoms with Gasteiger partial charge in [0.05, 0.1) is 5.75 Å². The van der Waals surface area contributed by atoms with Gasteiger partial charge in [-0.05, 0) is 49.2 Å². The largest absolute Gasteiger partial charge is 0.325 e. The quantitative estimate of drug-likeness (QED) is 0.460. The van der Waals surface area contributed by atoms with E-state index in [0.29, 0.717) is 15.7 Å². The maximum absolute atomic E-state index is 12.4. The molecule has 0 saturated carbocycles. The van der Waals surface area contributed by atoms with Gasteiger partial charge < -0.3 is 5.32 Å². The van der Waals surface area contributed by atoms with Crippen LogP contribution in [-0.2, 0) is 4.79 Å². The SMILES string of the molecule is Cc1cc(C)cc(NC(=O)CSc2nnc3[nH]c(=O)c(-c4ccc(Cl)cc4)nn23)c1. The number of hydrogen-bond donors (Lipinski definition) is 2. The maximum atomic E-state index is 12.4. The first-order chi connectivity index (χ1) is 14.4. The molecule has 4 rings (SSSR count). The Labute approximate surface area is 180 Å². The molecule has 0 radical (unpaired) electrons. The number of nitrogens with zero attached hydrogens (tertiary/aromatic N) is 4. The van der Waals surface area contributed by atoms with Gasteiger partial charge in [-0.15, -0.1) is 10.2 Å². The van der Waals surface area contributed by atoms with Gasteiger partial charge in [0.2, 0.25) is 11.1 Å². The number of benzene rings is 2. The van der Waals surface area contributed by atoms with E-state index >= 15 is 0 Å². The van der Waals surface area contributed by atoms with Crippen LogP contribution in [0.3, 0.4) is 0 Å². The number of nitrogens with one attached hydrogen (secondary N) is 2. The zero-order valence-electron chi connectivity index (χ0n) is 16.1. The Morgan fingerprint density at radius 3 is 2.53 bits per heavy atom. The number of halogens is 1. The van der Waals surface area contributed by atoms with Crippen molar-refractivity contribution in [1.29, 1.82) is 0 Å². The van der Waals surface area contributed by atoms with Crippen molar-refractivity contribution in [2.45, 2.75) is 19.0 Å². The van der Waals surface area contributed by atoms with E-state index in [0.717, 1.165) is 16.8 Å². The van der Waals surface area contributed by atoms with Gasteiger partial charge in [0.1, 0.15) is 0 Å². The van der Waals surface area contributed by atoms with E-state index in [1.807, 2.05) is 32.0 Å². The summed E-state index contributed by atoms with van der Waals surface area (Å²) in [5, 5.41) is 16.2. The molecule has 0 fully saturated rings. The molecule has 0 saturated heterocycles. The number of anilines is 1. The Morgan fingerprint density at radius 2 is 1.83 bits per heavy atom. The first-order valence-corrected chi connectivity index (χ1v) is 10.4. The minimum atomic E-state index is -0.388. The molecular formula is C20H17ClN6O2S. The van der Waals surface area contributed by atoms with Crippen LogP contribution in [0.5, 0.6) is 0 Å². The van der Waals surface area contributed by atoms with Gasteiger partial charge in [-0.3, -0.25) is 14.6 Å². The summed E-state index contributed by atoms with van der Waals surface area (Å²) in [5.41, 5.74) is 3.33. The van der Waals surface area contributed by atoms with Crippen LogP contribution in [0.1, 0.15) is 11.1 Å². The summed E-state index contributed by atoms with van der Waals surface area (Å²) in [5.74, 6) is 0.143. The fourth-order valence-corrected chi connectivity index (χ4v) is 3.81. The second-order valence-electron chi connectivity index (χ2n) is 6.74. The van der Waals surface area contributed by atoms with Crippen molar-refractivity contribution in [3.63, 3.8) is 0 Å². The topological polar surface area (TPSA) is 105 Å². The lowest BCUT2D eigenvalue weighted by molar-refractivity contribution is -0.113. The highest BCUT2D eigenvalue weighted by atomic mass is 35.5. The number of aryl methyl sites for hydroxylation is 2. The lowest BCUT2D eigenvalue weighted by atomic mass is 10.1. The Bertz CT molecular complexity index is 1280. The summed E-state index contributed by atoms with van der Waals surface area (Å²) in [4.78, 5) is 27.4. The number of aromatic amines is 1. The highest BCUT2D eigenvalue weighted by Gasteiger charge is 2.15. The first-order valence-electron chi connectivity index (χ1n) is 9.02. The smallest absolute Gasteiger partial charge is 0.279 e. The molecule has 2 aromatic heterocycles. The molecule has 2 heterocycles. The maximum Gasteiger partial charge on any atom is 0.279 e. The Morgan fingerprint density at radius 1 is 1.13 bits per heavy atom. The van der Waals surface area contributed by atoms with Crippen LogP contribution >= 0.6 is 23.4 Å². The number of hydrogen-bond acceptors (Lipinski definition) is 6. The number of H-pyrrole nitrogens is 1. The van der Waals surface area contributed by atoms with Crippen LogP contribution in [0, 0.1) is 13.8 Å². The van der Waals surface area contributed by atoms with Gasteiger partial charge in [-0.2, -0.15) is 9.61 Å². The highest BCUT2D eigenvalue weighted by molar-refractivity contribution is 7.99. The summed E-state index contributed by atoms with van der Waals surface area (Å²) in [7, 11) is 0. The average Bonchev–Trinajstić information content (AvgIpc) is 3.07. The normalized spacial score (nSPS) is 11.0. The molecular weight excluding hydrogens is 424 g/mol. The van der Waals surface area contributed by atoms with Gasteiger partial charge >= 0.3 is 0 Å². The van der Waals surface area contributed by atoms with E-state index in [-0.39, 0.29) is 28.7 Å². The van der Waals surface area contributed by atoms with E-state index in [2.05, 4.69) is 25.6 Å². The zero-order valence-corrected chi connectivity index (χ0v) is 17.7. The second-order valence-corrected chi connectivity index (χ2v) is 8.12. The summed E-state index contributed by atoms with van der Waals surface area (Å²) in [6.07, 6.45) is 0. The molecule has 0 aliphatic heterocycles. The molecule has 10 heteroatoms. The molecule has 30 heavy (non-hydrogen) atoms. The van der Waals surface area contributed by atoms with Crippen LogP contribution in [0.25, 0.3) is 17.0 Å². The Kier molecular flexibility index (Phi) is 5.56. The fourth-order valence-electron chi connectivity index (χ4n) is 3.00. The monoisotopic (exact) mass is 440 g/mol.